The van der Waals surface area contributed by atoms with Crippen LogP contribution in [-0.2, 0) is 4.79 Å². The van der Waals surface area contributed by atoms with Crippen molar-refractivity contribution in [3.63, 3.8) is 0 Å². The van der Waals surface area contributed by atoms with E-state index in [1.807, 2.05) is 0 Å². The number of amides is 2. The van der Waals surface area contributed by atoms with E-state index in [9.17, 15) is 9.59 Å². The number of hydrogen-bond acceptors (Lipinski definition) is 3. The van der Waals surface area contributed by atoms with E-state index in [0.717, 1.165) is 24.7 Å². The highest BCUT2D eigenvalue weighted by atomic mass is 16.3. The number of nitrogens with zero attached hydrogens (tertiary/aromatic N) is 1. The first-order chi connectivity index (χ1) is 12.1. The average molecular weight is 344 g/mol. The number of nitrogens with one attached hydrogen (secondary N) is 1. The molecule has 3 fully saturated rings. The maximum Gasteiger partial charge on any atom is 0.289 e. The molecule has 1 aromatic heterocycles. The smallest absolute Gasteiger partial charge is 0.289 e. The highest BCUT2D eigenvalue weighted by Gasteiger charge is 2.42. The summed E-state index contributed by atoms with van der Waals surface area (Å²) < 4.78 is 5.19. The second-order valence-electron chi connectivity index (χ2n) is 8.18. The molecule has 4 unspecified atom stereocenters. The molecule has 1 N–H and O–H groups in total. The van der Waals surface area contributed by atoms with Crippen LogP contribution in [-0.4, -0.2) is 35.8 Å². The number of carbonyl (C=O) groups excluding carboxylic acids is 2. The van der Waals surface area contributed by atoms with Crippen molar-refractivity contribution in [3.05, 3.63) is 24.2 Å². The molecule has 4 rings (SSSR count). The van der Waals surface area contributed by atoms with Crippen LogP contribution in [0.3, 0.4) is 0 Å². The minimum absolute atomic E-state index is 0.0293. The summed E-state index contributed by atoms with van der Waals surface area (Å²) in [6.45, 7) is 3.43. The summed E-state index contributed by atoms with van der Waals surface area (Å²) in [5.74, 6) is 2.93. The minimum Gasteiger partial charge on any atom is -0.459 e. The fraction of sp³-hybridized carbons (Fsp3) is 0.700. The Balaban J connectivity index is 1.26. The lowest BCUT2D eigenvalue weighted by Crippen LogP contribution is -2.47. The molecule has 4 atom stereocenters. The van der Waals surface area contributed by atoms with E-state index in [-0.39, 0.29) is 23.8 Å². The first-order valence-electron chi connectivity index (χ1n) is 9.75. The van der Waals surface area contributed by atoms with Gasteiger partial charge in [0.05, 0.1) is 6.26 Å². The lowest BCUT2D eigenvalue weighted by molar-refractivity contribution is -0.127. The van der Waals surface area contributed by atoms with Crippen molar-refractivity contribution < 1.29 is 14.0 Å². The van der Waals surface area contributed by atoms with E-state index in [1.165, 1.54) is 31.9 Å². The Kier molecular flexibility index (Phi) is 4.57. The lowest BCUT2D eigenvalue weighted by atomic mass is 9.83. The van der Waals surface area contributed by atoms with Gasteiger partial charge in [0, 0.05) is 25.0 Å². The Morgan fingerprint density at radius 3 is 2.60 bits per heavy atom. The summed E-state index contributed by atoms with van der Waals surface area (Å²) >= 11 is 0. The summed E-state index contributed by atoms with van der Waals surface area (Å²) in [7, 11) is 0. The number of piperidine rings is 1. The Morgan fingerprint density at radius 1 is 1.20 bits per heavy atom. The van der Waals surface area contributed by atoms with Gasteiger partial charge in [-0.1, -0.05) is 6.42 Å². The van der Waals surface area contributed by atoms with Crippen molar-refractivity contribution in [2.75, 3.05) is 13.1 Å². The van der Waals surface area contributed by atoms with E-state index in [1.54, 1.807) is 17.0 Å². The van der Waals surface area contributed by atoms with Gasteiger partial charge in [-0.25, -0.2) is 0 Å². The Morgan fingerprint density at radius 2 is 2.00 bits per heavy atom. The maximum absolute atomic E-state index is 12.6. The Bertz CT molecular complexity index is 619. The summed E-state index contributed by atoms with van der Waals surface area (Å²) in [5, 5.41) is 3.29. The Hall–Kier alpha value is -1.78. The van der Waals surface area contributed by atoms with Crippen molar-refractivity contribution in [1.29, 1.82) is 0 Å². The molecule has 3 aliphatic rings. The number of likely N-dealkylation sites (tertiary alicyclic amines) is 1. The molecule has 25 heavy (non-hydrogen) atoms. The zero-order valence-electron chi connectivity index (χ0n) is 14.9. The van der Waals surface area contributed by atoms with Gasteiger partial charge < -0.3 is 14.6 Å². The quantitative estimate of drug-likeness (QED) is 0.913. The van der Waals surface area contributed by atoms with Gasteiger partial charge in [0.1, 0.15) is 0 Å². The molecule has 2 amide bonds. The maximum atomic E-state index is 12.6. The van der Waals surface area contributed by atoms with Crippen molar-refractivity contribution in [3.8, 4) is 0 Å². The third-order valence-corrected chi connectivity index (χ3v) is 6.69. The molecule has 1 aromatic rings. The average Bonchev–Trinajstić information content (AvgIpc) is 3.38. The number of carbonyl (C=O) groups is 2. The van der Waals surface area contributed by atoms with Crippen LogP contribution in [0, 0.1) is 23.7 Å². The molecular weight excluding hydrogens is 316 g/mol. The monoisotopic (exact) mass is 344 g/mol. The predicted octanol–water partition coefficient (Wildman–Crippen LogP) is 3.07. The fourth-order valence-electron chi connectivity index (χ4n) is 5.26. The summed E-state index contributed by atoms with van der Waals surface area (Å²) in [6.07, 6.45) is 8.40. The fourth-order valence-corrected chi connectivity index (χ4v) is 5.26. The van der Waals surface area contributed by atoms with Crippen molar-refractivity contribution in [2.24, 2.45) is 23.7 Å². The van der Waals surface area contributed by atoms with E-state index in [2.05, 4.69) is 12.2 Å². The topological polar surface area (TPSA) is 62.6 Å². The van der Waals surface area contributed by atoms with Crippen LogP contribution in [0.25, 0.3) is 0 Å². The first kappa shape index (κ1) is 16.7. The normalized spacial score (nSPS) is 30.4. The molecule has 1 saturated heterocycles. The number of furan rings is 1. The van der Waals surface area contributed by atoms with E-state index in [0.29, 0.717) is 24.8 Å². The van der Waals surface area contributed by atoms with E-state index in [4.69, 9.17) is 4.42 Å². The summed E-state index contributed by atoms with van der Waals surface area (Å²) in [5.41, 5.74) is 0. The van der Waals surface area contributed by atoms with Crippen LogP contribution in [0.15, 0.2) is 22.8 Å². The van der Waals surface area contributed by atoms with Gasteiger partial charge in [0.15, 0.2) is 5.76 Å². The van der Waals surface area contributed by atoms with Crippen molar-refractivity contribution in [1.82, 2.24) is 10.2 Å². The molecule has 5 nitrogen and oxygen atoms in total. The molecule has 2 heterocycles. The standard InChI is InChI=1S/C20H28N2O3/c1-13(17-12-14-4-5-16(17)11-14)21-19(23)15-6-8-22(9-7-15)20(24)18-3-2-10-25-18/h2-3,10,13-17H,4-9,11-12H2,1H3,(H,21,23). The molecule has 136 valence electrons. The second kappa shape index (κ2) is 6.85. The minimum atomic E-state index is -0.0702. The van der Waals surface area contributed by atoms with Gasteiger partial charge in [0.25, 0.3) is 5.91 Å². The third-order valence-electron chi connectivity index (χ3n) is 6.69. The number of hydrogen-bond donors (Lipinski definition) is 1. The zero-order chi connectivity index (χ0) is 17.4. The SMILES string of the molecule is CC(NC(=O)C1CCN(C(=O)c2ccco2)CC1)C1CC2CCC1C2. The van der Waals surface area contributed by atoms with E-state index < -0.39 is 0 Å². The van der Waals surface area contributed by atoms with Crippen LogP contribution in [0.1, 0.15) is 56.0 Å². The number of rotatable bonds is 4. The van der Waals surface area contributed by atoms with Crippen LogP contribution in [0.4, 0.5) is 0 Å². The van der Waals surface area contributed by atoms with Crippen LogP contribution in [0.2, 0.25) is 0 Å². The van der Waals surface area contributed by atoms with Crippen molar-refractivity contribution in [2.45, 2.75) is 51.5 Å². The molecule has 2 saturated carbocycles. The molecule has 0 radical (unpaired) electrons. The molecule has 2 aliphatic carbocycles. The highest BCUT2D eigenvalue weighted by Crippen LogP contribution is 2.49. The lowest BCUT2D eigenvalue weighted by Gasteiger charge is -2.33. The number of fused-ring (bicyclic) bond motifs is 2. The molecule has 0 spiro atoms. The molecule has 2 bridgehead atoms. The highest BCUT2D eigenvalue weighted by molar-refractivity contribution is 5.91. The van der Waals surface area contributed by atoms with Crippen molar-refractivity contribution >= 4 is 11.8 Å². The molecule has 1 aliphatic heterocycles. The van der Waals surface area contributed by atoms with Gasteiger partial charge in [-0.15, -0.1) is 0 Å². The first-order valence-corrected chi connectivity index (χ1v) is 9.75. The largest absolute Gasteiger partial charge is 0.459 e. The molecule has 5 heteroatoms. The third kappa shape index (κ3) is 3.33. The van der Waals surface area contributed by atoms with Gasteiger partial charge in [-0.05, 0) is 68.9 Å². The van der Waals surface area contributed by atoms with Gasteiger partial charge in [0.2, 0.25) is 5.91 Å². The van der Waals surface area contributed by atoms with E-state index >= 15 is 0 Å². The summed E-state index contributed by atoms with van der Waals surface area (Å²) in [4.78, 5) is 26.7. The van der Waals surface area contributed by atoms with Gasteiger partial charge in [-0.3, -0.25) is 9.59 Å². The van der Waals surface area contributed by atoms with Crippen LogP contribution < -0.4 is 5.32 Å². The molecular formula is C20H28N2O3. The predicted molar refractivity (Wildman–Crippen MR) is 93.9 cm³/mol. The van der Waals surface area contributed by atoms with Gasteiger partial charge >= 0.3 is 0 Å². The van der Waals surface area contributed by atoms with Crippen LogP contribution >= 0.6 is 0 Å². The zero-order valence-corrected chi connectivity index (χ0v) is 14.9. The Labute approximate surface area is 149 Å². The van der Waals surface area contributed by atoms with Gasteiger partial charge in [-0.2, -0.15) is 0 Å². The van der Waals surface area contributed by atoms with Crippen LogP contribution in [0.5, 0.6) is 0 Å². The summed E-state index contributed by atoms with van der Waals surface area (Å²) in [6, 6.07) is 3.70. The second-order valence-corrected chi connectivity index (χ2v) is 8.18. The molecule has 0 aromatic carbocycles.